The molecule has 3 nitrogen and oxygen atoms in total. The maximum atomic E-state index is 11.2. The normalized spacial score (nSPS) is 10.2. The van der Waals surface area contributed by atoms with Crippen molar-refractivity contribution in [3.05, 3.63) is 29.8 Å². The average Bonchev–Trinajstić information content (AvgIpc) is 2.42. The third-order valence-electron chi connectivity index (χ3n) is 2.75. The molecular weight excluding hydrogens is 250 g/mol. The average molecular weight is 270 g/mol. The van der Waals surface area contributed by atoms with Gasteiger partial charge < -0.3 is 9.64 Å². The van der Waals surface area contributed by atoms with Crippen LogP contribution >= 0.6 is 11.6 Å². The zero-order chi connectivity index (χ0) is 13.4. The second kappa shape index (κ2) is 7.98. The smallest absolute Gasteiger partial charge is 0.237 e. The Morgan fingerprint density at radius 2 is 2.22 bits per heavy atom. The molecule has 0 aliphatic heterocycles. The fourth-order valence-corrected chi connectivity index (χ4v) is 1.78. The Kier molecular flexibility index (Phi) is 6.58. The third kappa shape index (κ3) is 4.96. The van der Waals surface area contributed by atoms with Gasteiger partial charge >= 0.3 is 0 Å². The van der Waals surface area contributed by atoms with Crippen LogP contribution in [0.4, 0.5) is 0 Å². The summed E-state index contributed by atoms with van der Waals surface area (Å²) >= 11 is 5.47. The Bertz CT molecular complexity index is 382. The molecular formula is C14H20ClNO2. The molecule has 0 saturated heterocycles. The molecule has 0 unspecified atom stereocenters. The quantitative estimate of drug-likeness (QED) is 0.563. The van der Waals surface area contributed by atoms with Gasteiger partial charge in [-0.3, -0.25) is 4.79 Å². The Labute approximate surface area is 114 Å². The van der Waals surface area contributed by atoms with Crippen LogP contribution in [0.25, 0.3) is 0 Å². The molecule has 1 amide bonds. The van der Waals surface area contributed by atoms with E-state index in [0.717, 1.165) is 18.6 Å². The largest absolute Gasteiger partial charge is 0.494 e. The van der Waals surface area contributed by atoms with Gasteiger partial charge in [0.15, 0.2) is 0 Å². The fraction of sp³-hybridized carbons (Fsp3) is 0.500. The lowest BCUT2D eigenvalue weighted by molar-refractivity contribution is -0.127. The predicted molar refractivity (Wildman–Crippen MR) is 74.3 cm³/mol. The number of ether oxygens (including phenoxy) is 1. The van der Waals surface area contributed by atoms with Gasteiger partial charge in [-0.2, -0.15) is 0 Å². The summed E-state index contributed by atoms with van der Waals surface area (Å²) in [4.78, 5) is 12.8. The number of aryl methyl sites for hydroxylation is 1. The van der Waals surface area contributed by atoms with Gasteiger partial charge in [-0.1, -0.05) is 19.1 Å². The molecule has 4 heteroatoms. The molecule has 0 aliphatic carbocycles. The van der Waals surface area contributed by atoms with Crippen molar-refractivity contribution in [2.45, 2.75) is 19.8 Å². The van der Waals surface area contributed by atoms with Crippen LogP contribution in [0.15, 0.2) is 24.3 Å². The zero-order valence-electron chi connectivity index (χ0n) is 11.0. The number of nitrogens with zero attached hydrogens (tertiary/aromatic N) is 1. The minimum atomic E-state index is -0.0513. The molecule has 1 aromatic rings. The van der Waals surface area contributed by atoms with Crippen molar-refractivity contribution in [1.82, 2.24) is 4.90 Å². The van der Waals surface area contributed by atoms with Gasteiger partial charge in [0, 0.05) is 13.6 Å². The van der Waals surface area contributed by atoms with Gasteiger partial charge in [0.05, 0.1) is 6.61 Å². The highest BCUT2D eigenvalue weighted by atomic mass is 35.5. The second-order valence-electron chi connectivity index (χ2n) is 4.15. The number of rotatable bonds is 7. The number of alkyl halides is 1. The molecule has 100 valence electrons. The minimum absolute atomic E-state index is 0.0376. The van der Waals surface area contributed by atoms with Crippen molar-refractivity contribution in [2.75, 3.05) is 26.1 Å². The van der Waals surface area contributed by atoms with Crippen molar-refractivity contribution in [3.63, 3.8) is 0 Å². The van der Waals surface area contributed by atoms with E-state index in [1.165, 1.54) is 5.56 Å². The van der Waals surface area contributed by atoms with Crippen molar-refractivity contribution in [3.8, 4) is 5.75 Å². The Morgan fingerprint density at radius 3 is 2.89 bits per heavy atom. The number of carbonyl (C=O) groups is 1. The van der Waals surface area contributed by atoms with E-state index in [9.17, 15) is 4.79 Å². The summed E-state index contributed by atoms with van der Waals surface area (Å²) in [6.07, 6.45) is 1.81. The van der Waals surface area contributed by atoms with E-state index >= 15 is 0 Å². The van der Waals surface area contributed by atoms with E-state index in [-0.39, 0.29) is 11.8 Å². The van der Waals surface area contributed by atoms with E-state index in [1.807, 2.05) is 18.2 Å². The monoisotopic (exact) mass is 269 g/mol. The Morgan fingerprint density at radius 1 is 1.44 bits per heavy atom. The molecule has 0 spiro atoms. The Hall–Kier alpha value is -1.22. The lowest BCUT2D eigenvalue weighted by Crippen LogP contribution is -2.29. The van der Waals surface area contributed by atoms with Gasteiger partial charge in [-0.25, -0.2) is 0 Å². The van der Waals surface area contributed by atoms with Crippen molar-refractivity contribution < 1.29 is 9.53 Å². The molecule has 0 aliphatic rings. The van der Waals surface area contributed by atoms with Gasteiger partial charge in [0.25, 0.3) is 0 Å². The molecule has 0 fully saturated rings. The first-order valence-electron chi connectivity index (χ1n) is 6.19. The second-order valence-corrected chi connectivity index (χ2v) is 4.42. The molecule has 18 heavy (non-hydrogen) atoms. The maximum absolute atomic E-state index is 11.2. The highest BCUT2D eigenvalue weighted by molar-refractivity contribution is 6.27. The molecule has 1 rings (SSSR count). The van der Waals surface area contributed by atoms with E-state index in [4.69, 9.17) is 16.3 Å². The Balaban J connectivity index is 2.27. The van der Waals surface area contributed by atoms with Gasteiger partial charge in [-0.15, -0.1) is 11.6 Å². The summed E-state index contributed by atoms with van der Waals surface area (Å²) in [5, 5.41) is 0. The summed E-state index contributed by atoms with van der Waals surface area (Å²) < 4.78 is 5.64. The number of benzene rings is 1. The summed E-state index contributed by atoms with van der Waals surface area (Å²) in [7, 11) is 1.75. The minimum Gasteiger partial charge on any atom is -0.494 e. The predicted octanol–water partition coefficient (Wildman–Crippen LogP) is 2.72. The first-order valence-corrected chi connectivity index (χ1v) is 6.72. The summed E-state index contributed by atoms with van der Waals surface area (Å²) in [5.41, 5.74) is 1.27. The molecule has 0 radical (unpaired) electrons. The third-order valence-corrected chi connectivity index (χ3v) is 2.98. The molecule has 0 aromatic heterocycles. The molecule has 0 bridgehead atoms. The molecule has 0 saturated carbocycles. The zero-order valence-corrected chi connectivity index (χ0v) is 11.7. The topological polar surface area (TPSA) is 29.5 Å². The highest BCUT2D eigenvalue weighted by Crippen LogP contribution is 2.13. The molecule has 0 N–H and O–H groups in total. The van der Waals surface area contributed by atoms with E-state index < -0.39 is 0 Å². The van der Waals surface area contributed by atoms with Crippen LogP contribution in [0.2, 0.25) is 0 Å². The van der Waals surface area contributed by atoms with Gasteiger partial charge in [0.1, 0.15) is 11.6 Å². The lowest BCUT2D eigenvalue weighted by atomic mass is 10.2. The highest BCUT2D eigenvalue weighted by Gasteiger charge is 2.05. The summed E-state index contributed by atoms with van der Waals surface area (Å²) in [5.74, 6) is 0.876. The number of carbonyl (C=O) groups excluding carboxylic acids is 1. The summed E-state index contributed by atoms with van der Waals surface area (Å²) in [6, 6.07) is 8.08. The molecule has 0 heterocycles. The number of hydrogen-bond acceptors (Lipinski definition) is 2. The number of hydrogen-bond donors (Lipinski definition) is 0. The SMILES string of the molecule is CCc1cccc(OCCCN(C)C(=O)CCl)c1. The molecule has 0 atom stereocenters. The standard InChI is InChI=1S/C14H20ClNO2/c1-3-12-6-4-7-13(10-12)18-9-5-8-16(2)14(17)11-15/h4,6-7,10H,3,5,8-9,11H2,1-2H3. The van der Waals surface area contributed by atoms with E-state index in [2.05, 4.69) is 13.0 Å². The number of amides is 1. The van der Waals surface area contributed by atoms with Crippen molar-refractivity contribution in [1.29, 1.82) is 0 Å². The van der Waals surface area contributed by atoms with Crippen molar-refractivity contribution >= 4 is 17.5 Å². The van der Waals surface area contributed by atoms with Crippen LogP contribution in [0.5, 0.6) is 5.75 Å². The van der Waals surface area contributed by atoms with Gasteiger partial charge in [0.2, 0.25) is 5.91 Å². The van der Waals surface area contributed by atoms with E-state index in [1.54, 1.807) is 11.9 Å². The summed E-state index contributed by atoms with van der Waals surface area (Å²) in [6.45, 7) is 3.39. The van der Waals surface area contributed by atoms with Crippen LogP contribution < -0.4 is 4.74 Å². The first kappa shape index (κ1) is 14.8. The van der Waals surface area contributed by atoms with Crippen molar-refractivity contribution in [2.24, 2.45) is 0 Å². The molecule has 1 aromatic carbocycles. The fourth-order valence-electron chi connectivity index (χ4n) is 1.57. The van der Waals surface area contributed by atoms with Crippen LogP contribution in [0.1, 0.15) is 18.9 Å². The van der Waals surface area contributed by atoms with Crippen LogP contribution in [-0.4, -0.2) is 36.9 Å². The van der Waals surface area contributed by atoms with Crippen LogP contribution in [0, 0.1) is 0 Å². The first-order chi connectivity index (χ1) is 8.67. The van der Waals surface area contributed by atoms with Gasteiger partial charge in [-0.05, 0) is 30.5 Å². The van der Waals surface area contributed by atoms with E-state index in [0.29, 0.717) is 13.2 Å². The van der Waals surface area contributed by atoms with Crippen LogP contribution in [-0.2, 0) is 11.2 Å². The van der Waals surface area contributed by atoms with Crippen LogP contribution in [0.3, 0.4) is 0 Å². The maximum Gasteiger partial charge on any atom is 0.237 e. The number of halogens is 1. The lowest BCUT2D eigenvalue weighted by Gasteiger charge is -2.15.